The van der Waals surface area contributed by atoms with Crippen molar-refractivity contribution in [3.63, 3.8) is 0 Å². The molecule has 0 aliphatic heterocycles. The number of anilines is 3. The highest BCUT2D eigenvalue weighted by Gasteiger charge is 2.38. The Morgan fingerprint density at radius 2 is 1.59 bits per heavy atom. The second-order valence-corrected chi connectivity index (χ2v) is 17.7. The van der Waals surface area contributed by atoms with Gasteiger partial charge in [0.1, 0.15) is 11.5 Å². The number of aromatic hydroxyl groups is 1. The van der Waals surface area contributed by atoms with E-state index in [-0.39, 0.29) is 32.2 Å². The summed E-state index contributed by atoms with van der Waals surface area (Å²) < 4.78 is 65.4. The van der Waals surface area contributed by atoms with E-state index in [0.29, 0.717) is 68.8 Å². The minimum absolute atomic E-state index is 0.0513. The maximum atomic E-state index is 14.2. The number of phenols is 1. The number of primary amides is 1. The molecule has 0 saturated carbocycles. The third kappa shape index (κ3) is 12.6. The Kier molecular flexibility index (Phi) is 16.0. The number of unbranched alkanes of at least 4 members (excludes halogenated alkanes) is 2. The summed E-state index contributed by atoms with van der Waals surface area (Å²) in [6.45, 7) is 2.75. The lowest BCUT2D eigenvalue weighted by Gasteiger charge is -2.16. The number of aliphatic carboxylic acids is 1. The van der Waals surface area contributed by atoms with Crippen molar-refractivity contribution in [3.05, 3.63) is 154 Å². The third-order valence-corrected chi connectivity index (χ3v) is 12.6. The van der Waals surface area contributed by atoms with Crippen molar-refractivity contribution in [3.8, 4) is 11.5 Å². The first kappa shape index (κ1) is 50.6. The average Bonchev–Trinajstić information content (AvgIpc) is 3.32. The van der Waals surface area contributed by atoms with E-state index in [1.165, 1.54) is 55.8 Å². The van der Waals surface area contributed by atoms with Gasteiger partial charge in [-0.25, -0.2) is 13.2 Å². The van der Waals surface area contributed by atoms with Crippen molar-refractivity contribution in [2.75, 3.05) is 30.8 Å². The summed E-state index contributed by atoms with van der Waals surface area (Å²) in [5.74, 6) is -3.46. The van der Waals surface area contributed by atoms with E-state index in [9.17, 15) is 46.2 Å². The number of benzene rings is 5. The predicted molar refractivity (Wildman–Crippen MR) is 253 cm³/mol. The minimum atomic E-state index is -5.08. The molecule has 16 nitrogen and oxygen atoms in total. The van der Waals surface area contributed by atoms with Gasteiger partial charge in [0, 0.05) is 52.6 Å². The molecule has 0 unspecified atom stereocenters. The Bertz CT molecular complexity index is 3200. The van der Waals surface area contributed by atoms with Crippen LogP contribution < -0.4 is 32.0 Å². The molecular weight excluding hydrogens is 922 g/mol. The maximum absolute atomic E-state index is 14.2. The van der Waals surface area contributed by atoms with Crippen LogP contribution >= 0.6 is 0 Å². The van der Waals surface area contributed by atoms with E-state index in [4.69, 9.17) is 20.4 Å². The number of nitrogens with two attached hydrogens (primary N) is 1. The van der Waals surface area contributed by atoms with Crippen LogP contribution in [0.3, 0.4) is 0 Å². The summed E-state index contributed by atoms with van der Waals surface area (Å²) in [4.78, 5) is 53.4. The number of nitrogens with one attached hydrogen (secondary N) is 4. The highest BCUT2D eigenvalue weighted by molar-refractivity contribution is 7.91. The summed E-state index contributed by atoms with van der Waals surface area (Å²) in [6.07, 6.45) is -0.918. The molecule has 7 aromatic rings. The standard InChI is InChI=1S/C47H46N6O8S.C2HF3O2/c1-28-22-35(25-38-43(28)50-26-39(46(48)57)44(38)51-32-10-7-11-33(24-32)61-2)62(59,60)34-12-6-9-30(23-34)47(58)52-31-15-13-29(14-16-31)8-4-3-5-21-49-27-41(55)36-17-19-40(54)45-37(36)18-20-42(56)53-45;3-2(4,5)1(6)7/h6-7,9-20,22-26,41,49,54-55H,3-5,8,21,27H2,1-2H3,(H2,48,57)(H,50,51)(H,52,58)(H,53,56);(H,6,7)/t41-;/m0./s1. The fourth-order valence-corrected chi connectivity index (χ4v) is 8.74. The number of carbonyl (C=O) groups excluding carboxylic acids is 2. The smallest absolute Gasteiger partial charge is 0.490 e. The third-order valence-electron chi connectivity index (χ3n) is 10.8. The first-order valence-electron chi connectivity index (χ1n) is 21.2. The predicted octanol–water partition coefficient (Wildman–Crippen LogP) is 7.70. The number of ether oxygens (including phenoxy) is 1. The number of nitrogens with zero attached hydrogens (tertiary/aromatic N) is 1. The highest BCUT2D eigenvalue weighted by Crippen LogP contribution is 2.35. The number of methoxy groups -OCH3 is 1. The molecule has 0 saturated heterocycles. The zero-order valence-corrected chi connectivity index (χ0v) is 37.9. The second kappa shape index (κ2) is 21.9. The van der Waals surface area contributed by atoms with Gasteiger partial charge in [0.05, 0.1) is 45.3 Å². The second-order valence-electron chi connectivity index (χ2n) is 15.7. The van der Waals surface area contributed by atoms with Crippen molar-refractivity contribution in [2.45, 2.75) is 54.7 Å². The molecule has 0 radical (unpaired) electrons. The monoisotopic (exact) mass is 968 g/mol. The van der Waals surface area contributed by atoms with E-state index in [1.807, 2.05) is 24.3 Å². The Labute approximate surface area is 392 Å². The van der Waals surface area contributed by atoms with Crippen molar-refractivity contribution < 1.29 is 56.0 Å². The molecule has 9 N–H and O–H groups in total. The fourth-order valence-electron chi connectivity index (χ4n) is 7.32. The zero-order valence-electron chi connectivity index (χ0n) is 37.1. The number of rotatable bonds is 17. The van der Waals surface area contributed by atoms with E-state index < -0.39 is 39.9 Å². The van der Waals surface area contributed by atoms with Crippen LogP contribution in [-0.4, -0.2) is 77.9 Å². The number of alkyl halides is 3. The quantitative estimate of drug-likeness (QED) is 0.0408. The largest absolute Gasteiger partial charge is 0.506 e. The normalized spacial score (nSPS) is 11.9. The summed E-state index contributed by atoms with van der Waals surface area (Å²) in [7, 11) is -2.63. The van der Waals surface area contributed by atoms with Crippen molar-refractivity contribution in [1.82, 2.24) is 15.3 Å². The van der Waals surface area contributed by atoms with E-state index in [2.05, 4.69) is 25.9 Å². The summed E-state index contributed by atoms with van der Waals surface area (Å²) in [5, 5.41) is 38.3. The summed E-state index contributed by atoms with van der Waals surface area (Å²) in [5.41, 5.74) is 10.1. The van der Waals surface area contributed by atoms with Gasteiger partial charge in [0.2, 0.25) is 15.4 Å². The molecule has 0 aliphatic carbocycles. The Morgan fingerprint density at radius 1 is 0.870 bits per heavy atom. The lowest BCUT2D eigenvalue weighted by atomic mass is 10.0. The molecule has 0 fully saturated rings. The lowest BCUT2D eigenvalue weighted by molar-refractivity contribution is -0.192. The molecule has 20 heteroatoms. The number of H-pyrrole nitrogens is 1. The number of aromatic nitrogens is 2. The van der Waals surface area contributed by atoms with Crippen LogP contribution in [0, 0.1) is 6.92 Å². The number of carbonyl (C=O) groups is 3. The van der Waals surface area contributed by atoms with Crippen LogP contribution in [0.5, 0.6) is 11.5 Å². The molecule has 5 aromatic carbocycles. The van der Waals surface area contributed by atoms with Gasteiger partial charge in [0.25, 0.3) is 11.8 Å². The van der Waals surface area contributed by atoms with Gasteiger partial charge in [-0.1, -0.05) is 36.8 Å². The fraction of sp³-hybridized carbons (Fsp3) is 0.204. The van der Waals surface area contributed by atoms with Gasteiger partial charge < -0.3 is 46.7 Å². The van der Waals surface area contributed by atoms with Gasteiger partial charge in [-0.15, -0.1) is 0 Å². The number of halogens is 3. The summed E-state index contributed by atoms with van der Waals surface area (Å²) in [6, 6.07) is 29.4. The zero-order chi connectivity index (χ0) is 50.0. The summed E-state index contributed by atoms with van der Waals surface area (Å²) >= 11 is 0. The molecule has 360 valence electrons. The molecule has 0 spiro atoms. The van der Waals surface area contributed by atoms with Gasteiger partial charge in [-0.2, -0.15) is 13.2 Å². The minimum Gasteiger partial charge on any atom is -0.506 e. The van der Waals surface area contributed by atoms with Gasteiger partial charge >= 0.3 is 12.1 Å². The molecule has 0 aliphatic rings. The number of pyridine rings is 2. The van der Waals surface area contributed by atoms with Gasteiger partial charge in [-0.05, 0) is 116 Å². The number of hydrogen-bond donors (Lipinski definition) is 8. The number of aryl methyl sites for hydroxylation is 2. The van der Waals surface area contributed by atoms with Gasteiger partial charge in [0.15, 0.2) is 0 Å². The number of aliphatic hydroxyl groups is 1. The van der Waals surface area contributed by atoms with Crippen molar-refractivity contribution in [1.29, 1.82) is 0 Å². The molecule has 2 aromatic heterocycles. The molecule has 69 heavy (non-hydrogen) atoms. The number of amides is 2. The molecule has 7 rings (SSSR count). The average molecular weight is 969 g/mol. The van der Waals surface area contributed by atoms with Crippen LogP contribution in [0.25, 0.3) is 21.8 Å². The molecule has 1 atom stereocenters. The number of sulfone groups is 1. The van der Waals surface area contributed by atoms with Crippen molar-refractivity contribution in [2.24, 2.45) is 5.73 Å². The molecule has 0 bridgehead atoms. The van der Waals surface area contributed by atoms with Gasteiger partial charge in [-0.3, -0.25) is 19.4 Å². The van der Waals surface area contributed by atoms with Crippen LogP contribution in [0.4, 0.5) is 30.2 Å². The van der Waals surface area contributed by atoms with Crippen LogP contribution in [-0.2, 0) is 21.1 Å². The van der Waals surface area contributed by atoms with E-state index in [1.54, 1.807) is 49.4 Å². The van der Waals surface area contributed by atoms with E-state index >= 15 is 0 Å². The van der Waals surface area contributed by atoms with Crippen LogP contribution in [0.15, 0.2) is 130 Å². The topological polar surface area (TPSA) is 263 Å². The molecular formula is C49H47F3N6O10S. The van der Waals surface area contributed by atoms with Crippen molar-refractivity contribution >= 4 is 66.5 Å². The number of carboxylic acids is 1. The lowest BCUT2D eigenvalue weighted by Crippen LogP contribution is -2.22. The Balaban J connectivity index is 0.00000104. The number of aromatic amines is 1. The van der Waals surface area contributed by atoms with Crippen LogP contribution in [0.1, 0.15) is 62.8 Å². The first-order chi connectivity index (χ1) is 32.8. The SMILES string of the molecule is COc1cccc(Nc2c(C(N)=O)cnc3c(C)cc(S(=O)(=O)c4cccc(C(=O)Nc5ccc(CCCCCNC[C@H](O)c6ccc(O)c7[nH]c(=O)ccc67)cc5)c4)cc23)c1.O=C(O)C(F)(F)F. The first-order valence-corrected chi connectivity index (χ1v) is 22.7. The Morgan fingerprint density at radius 3 is 2.29 bits per heavy atom. The number of carboxylic acid groups (broad SMARTS) is 1. The number of aliphatic hydroxyl groups excluding tert-OH is 1. The number of hydrogen-bond acceptors (Lipinski definition) is 12. The number of fused-ring (bicyclic) bond motifs is 2. The molecule has 2 heterocycles. The maximum Gasteiger partial charge on any atom is 0.490 e. The van der Waals surface area contributed by atoms with Crippen LogP contribution in [0.2, 0.25) is 0 Å². The van der Waals surface area contributed by atoms with E-state index in [0.717, 1.165) is 31.2 Å². The Hall–Kier alpha value is -7.81. The number of phenolic OH excluding ortho intramolecular Hbond substituents is 1. The molecule has 2 amide bonds. The highest BCUT2D eigenvalue weighted by atomic mass is 32.2.